The molecule has 0 bridgehead atoms. The molecule has 0 unspecified atom stereocenters. The van der Waals surface area contributed by atoms with Gasteiger partial charge in [-0.1, -0.05) is 17.7 Å². The molecule has 17 heavy (non-hydrogen) atoms. The van der Waals surface area contributed by atoms with Crippen LogP contribution in [0.15, 0.2) is 24.4 Å². The Morgan fingerprint density at radius 3 is 2.76 bits per heavy atom. The fourth-order valence-electron chi connectivity index (χ4n) is 1.77. The zero-order valence-electron chi connectivity index (χ0n) is 10.3. The van der Waals surface area contributed by atoms with Crippen molar-refractivity contribution in [3.8, 4) is 5.69 Å². The van der Waals surface area contributed by atoms with E-state index >= 15 is 0 Å². The summed E-state index contributed by atoms with van der Waals surface area (Å²) in [7, 11) is 0. The number of nitrogens with one attached hydrogen (secondary N) is 1. The van der Waals surface area contributed by atoms with Crippen LogP contribution in [0.5, 0.6) is 0 Å². The standard InChI is InChI=1S/C13H16ClN3/c1-4-15-13-16-10(3)8-17(13)12-6-5-9(2)7-11(12)14/h5-8H,4H2,1-3H3,(H,15,16). The summed E-state index contributed by atoms with van der Waals surface area (Å²) >= 11 is 6.27. The lowest BCUT2D eigenvalue weighted by molar-refractivity contribution is 1.02. The fourth-order valence-corrected chi connectivity index (χ4v) is 2.10. The molecule has 0 spiro atoms. The highest BCUT2D eigenvalue weighted by Gasteiger charge is 2.09. The van der Waals surface area contributed by atoms with Crippen LogP contribution in [-0.2, 0) is 0 Å². The molecule has 1 aromatic carbocycles. The van der Waals surface area contributed by atoms with Gasteiger partial charge in [-0.15, -0.1) is 0 Å². The van der Waals surface area contributed by atoms with Gasteiger partial charge in [0.25, 0.3) is 0 Å². The van der Waals surface area contributed by atoms with E-state index in [9.17, 15) is 0 Å². The first-order valence-electron chi connectivity index (χ1n) is 5.68. The van der Waals surface area contributed by atoms with Crippen LogP contribution in [0.1, 0.15) is 18.2 Å². The second-order valence-electron chi connectivity index (χ2n) is 4.06. The number of benzene rings is 1. The van der Waals surface area contributed by atoms with E-state index in [0.29, 0.717) is 0 Å². The molecule has 2 aromatic rings. The first-order valence-corrected chi connectivity index (χ1v) is 6.06. The molecule has 0 aliphatic rings. The predicted octanol–water partition coefficient (Wildman–Crippen LogP) is 3.57. The summed E-state index contributed by atoms with van der Waals surface area (Å²) in [6.45, 7) is 6.88. The molecule has 90 valence electrons. The zero-order valence-corrected chi connectivity index (χ0v) is 11.0. The van der Waals surface area contributed by atoms with Crippen molar-refractivity contribution in [3.63, 3.8) is 0 Å². The summed E-state index contributed by atoms with van der Waals surface area (Å²) in [5, 5.41) is 3.97. The van der Waals surface area contributed by atoms with E-state index < -0.39 is 0 Å². The molecule has 1 heterocycles. The lowest BCUT2D eigenvalue weighted by Crippen LogP contribution is -2.05. The van der Waals surface area contributed by atoms with Gasteiger partial charge >= 0.3 is 0 Å². The van der Waals surface area contributed by atoms with Gasteiger partial charge in [-0.25, -0.2) is 4.98 Å². The van der Waals surface area contributed by atoms with E-state index in [0.717, 1.165) is 34.5 Å². The highest BCUT2D eigenvalue weighted by Crippen LogP contribution is 2.25. The summed E-state index contributed by atoms with van der Waals surface area (Å²) in [4.78, 5) is 4.43. The number of nitrogens with zero attached hydrogens (tertiary/aromatic N) is 2. The molecule has 0 aliphatic carbocycles. The molecule has 1 aromatic heterocycles. The van der Waals surface area contributed by atoms with Gasteiger partial charge in [-0.3, -0.25) is 4.57 Å². The van der Waals surface area contributed by atoms with Crippen LogP contribution in [0.4, 0.5) is 5.95 Å². The van der Waals surface area contributed by atoms with Gasteiger partial charge in [-0.2, -0.15) is 0 Å². The molecule has 0 saturated heterocycles. The summed E-state index contributed by atoms with van der Waals surface area (Å²) in [5.74, 6) is 0.829. The highest BCUT2D eigenvalue weighted by atomic mass is 35.5. The van der Waals surface area contributed by atoms with Crippen molar-refractivity contribution in [2.24, 2.45) is 0 Å². The SMILES string of the molecule is CCNc1nc(C)cn1-c1ccc(C)cc1Cl. The van der Waals surface area contributed by atoms with Crippen molar-refractivity contribution in [1.82, 2.24) is 9.55 Å². The molecule has 1 N–H and O–H groups in total. The van der Waals surface area contributed by atoms with Gasteiger partial charge in [0.15, 0.2) is 0 Å². The van der Waals surface area contributed by atoms with Gasteiger partial charge in [-0.05, 0) is 38.5 Å². The number of rotatable bonds is 3. The molecule has 0 atom stereocenters. The Bertz CT molecular complexity index is 531. The second-order valence-corrected chi connectivity index (χ2v) is 4.47. The third-order valence-electron chi connectivity index (χ3n) is 2.52. The Labute approximate surface area is 106 Å². The Morgan fingerprint density at radius 2 is 2.12 bits per heavy atom. The van der Waals surface area contributed by atoms with Crippen LogP contribution in [-0.4, -0.2) is 16.1 Å². The third kappa shape index (κ3) is 2.44. The smallest absolute Gasteiger partial charge is 0.207 e. The van der Waals surface area contributed by atoms with Gasteiger partial charge in [0.05, 0.1) is 16.4 Å². The monoisotopic (exact) mass is 249 g/mol. The largest absolute Gasteiger partial charge is 0.356 e. The average molecular weight is 250 g/mol. The van der Waals surface area contributed by atoms with Crippen molar-refractivity contribution in [1.29, 1.82) is 0 Å². The molecule has 0 saturated carbocycles. The molecular weight excluding hydrogens is 234 g/mol. The van der Waals surface area contributed by atoms with Crippen LogP contribution in [0.2, 0.25) is 5.02 Å². The topological polar surface area (TPSA) is 29.9 Å². The molecule has 0 fully saturated rings. The van der Waals surface area contributed by atoms with Gasteiger partial charge in [0.2, 0.25) is 5.95 Å². The quantitative estimate of drug-likeness (QED) is 0.901. The zero-order chi connectivity index (χ0) is 12.4. The van der Waals surface area contributed by atoms with Gasteiger partial charge < -0.3 is 5.32 Å². The Kier molecular flexibility index (Phi) is 3.38. The number of imidazole rings is 1. The number of aromatic nitrogens is 2. The minimum Gasteiger partial charge on any atom is -0.356 e. The number of halogens is 1. The molecular formula is C13H16ClN3. The number of hydrogen-bond acceptors (Lipinski definition) is 2. The minimum absolute atomic E-state index is 0.738. The van der Waals surface area contributed by atoms with Crippen molar-refractivity contribution in [2.45, 2.75) is 20.8 Å². The molecule has 0 aliphatic heterocycles. The average Bonchev–Trinajstić information content (AvgIpc) is 2.60. The van der Waals surface area contributed by atoms with E-state index in [-0.39, 0.29) is 0 Å². The molecule has 0 amide bonds. The maximum atomic E-state index is 6.27. The van der Waals surface area contributed by atoms with Crippen LogP contribution in [0.25, 0.3) is 5.69 Å². The van der Waals surface area contributed by atoms with Crippen molar-refractivity contribution in [3.05, 3.63) is 40.7 Å². The summed E-state index contributed by atoms with van der Waals surface area (Å²) < 4.78 is 1.99. The lowest BCUT2D eigenvalue weighted by Gasteiger charge is -2.10. The predicted molar refractivity (Wildman–Crippen MR) is 72.2 cm³/mol. The maximum Gasteiger partial charge on any atom is 0.207 e. The number of hydrogen-bond donors (Lipinski definition) is 1. The highest BCUT2D eigenvalue weighted by molar-refractivity contribution is 6.32. The maximum absolute atomic E-state index is 6.27. The molecule has 3 nitrogen and oxygen atoms in total. The van der Waals surface area contributed by atoms with Crippen LogP contribution >= 0.6 is 11.6 Å². The normalized spacial score (nSPS) is 10.6. The Morgan fingerprint density at radius 1 is 1.35 bits per heavy atom. The van der Waals surface area contributed by atoms with Crippen LogP contribution < -0.4 is 5.32 Å². The fraction of sp³-hybridized carbons (Fsp3) is 0.308. The minimum atomic E-state index is 0.738. The van der Waals surface area contributed by atoms with E-state index in [4.69, 9.17) is 11.6 Å². The van der Waals surface area contributed by atoms with Crippen LogP contribution in [0, 0.1) is 13.8 Å². The molecule has 2 rings (SSSR count). The van der Waals surface area contributed by atoms with E-state index in [1.165, 1.54) is 0 Å². The van der Waals surface area contributed by atoms with E-state index in [2.05, 4.69) is 10.3 Å². The van der Waals surface area contributed by atoms with Crippen molar-refractivity contribution >= 4 is 17.5 Å². The van der Waals surface area contributed by atoms with Crippen molar-refractivity contribution < 1.29 is 0 Å². The van der Waals surface area contributed by atoms with Crippen molar-refractivity contribution in [2.75, 3.05) is 11.9 Å². The number of anilines is 1. The van der Waals surface area contributed by atoms with Gasteiger partial charge in [0.1, 0.15) is 0 Å². The van der Waals surface area contributed by atoms with E-state index in [1.807, 2.05) is 49.7 Å². The molecule has 0 radical (unpaired) electrons. The third-order valence-corrected chi connectivity index (χ3v) is 2.83. The molecule has 4 heteroatoms. The number of aryl methyl sites for hydroxylation is 2. The van der Waals surface area contributed by atoms with Crippen LogP contribution in [0.3, 0.4) is 0 Å². The Balaban J connectivity index is 2.51. The first kappa shape index (κ1) is 12.0. The summed E-state index contributed by atoms with van der Waals surface area (Å²) in [6, 6.07) is 6.02. The summed E-state index contributed by atoms with van der Waals surface area (Å²) in [5.41, 5.74) is 3.08. The van der Waals surface area contributed by atoms with E-state index in [1.54, 1.807) is 0 Å². The first-order chi connectivity index (χ1) is 8.11. The second kappa shape index (κ2) is 4.80. The Hall–Kier alpha value is -1.48. The lowest BCUT2D eigenvalue weighted by atomic mass is 10.2. The summed E-state index contributed by atoms with van der Waals surface area (Å²) in [6.07, 6.45) is 1.98. The van der Waals surface area contributed by atoms with Gasteiger partial charge in [0, 0.05) is 12.7 Å².